The van der Waals surface area contributed by atoms with Crippen molar-refractivity contribution in [1.82, 2.24) is 14.8 Å². The number of carbonyl (C=O) groups is 1. The standard InChI is InChI=1S/C15H18BClN4OS/c1-4-20(14(22)15(2,16)10-23-3)12-9-21(19-13(12)17)11-6-5-7-18-8-11/h5-9H,4,10H2,1-3H3. The zero-order valence-corrected chi connectivity index (χ0v) is 14.9. The van der Waals surface area contributed by atoms with Crippen molar-refractivity contribution in [1.29, 1.82) is 0 Å². The van der Waals surface area contributed by atoms with Crippen LogP contribution in [-0.2, 0) is 4.79 Å². The highest BCUT2D eigenvalue weighted by atomic mass is 35.5. The van der Waals surface area contributed by atoms with Crippen molar-refractivity contribution >= 4 is 42.8 Å². The van der Waals surface area contributed by atoms with Crippen LogP contribution >= 0.6 is 23.4 Å². The number of aromatic nitrogens is 3. The van der Waals surface area contributed by atoms with Gasteiger partial charge >= 0.3 is 0 Å². The van der Waals surface area contributed by atoms with E-state index >= 15 is 0 Å². The molecule has 1 atom stereocenters. The van der Waals surface area contributed by atoms with Gasteiger partial charge in [0.25, 0.3) is 0 Å². The fourth-order valence-corrected chi connectivity index (χ4v) is 3.20. The van der Waals surface area contributed by atoms with Crippen LogP contribution in [0.2, 0.25) is 10.5 Å². The van der Waals surface area contributed by atoms with E-state index in [0.717, 1.165) is 5.69 Å². The molecule has 0 aliphatic rings. The second kappa shape index (κ2) is 7.40. The van der Waals surface area contributed by atoms with Crippen LogP contribution in [-0.4, -0.2) is 47.1 Å². The number of nitrogens with zero attached hydrogens (tertiary/aromatic N) is 4. The summed E-state index contributed by atoms with van der Waals surface area (Å²) in [4.78, 5) is 18.4. The van der Waals surface area contributed by atoms with Crippen molar-refractivity contribution in [2.45, 2.75) is 19.2 Å². The number of rotatable bonds is 6. The first-order valence-electron chi connectivity index (χ1n) is 7.16. The van der Waals surface area contributed by atoms with Crippen molar-refractivity contribution in [2.24, 2.45) is 0 Å². The summed E-state index contributed by atoms with van der Waals surface area (Å²) < 4.78 is 1.60. The molecule has 120 valence electrons. The van der Waals surface area contributed by atoms with Gasteiger partial charge in [0.05, 0.1) is 25.9 Å². The lowest BCUT2D eigenvalue weighted by atomic mass is 9.71. The van der Waals surface area contributed by atoms with Gasteiger partial charge in [0, 0.05) is 18.1 Å². The molecule has 0 saturated heterocycles. The molecule has 0 bridgehead atoms. The van der Waals surface area contributed by atoms with Crippen LogP contribution < -0.4 is 4.90 Å². The molecule has 1 unspecified atom stereocenters. The minimum Gasteiger partial charge on any atom is -0.309 e. The molecule has 2 heterocycles. The number of amides is 1. The molecule has 8 heteroatoms. The zero-order chi connectivity index (χ0) is 17.0. The third-order valence-corrected chi connectivity index (χ3v) is 4.50. The maximum Gasteiger partial charge on any atom is 0.225 e. The van der Waals surface area contributed by atoms with Crippen LogP contribution in [0.15, 0.2) is 30.7 Å². The summed E-state index contributed by atoms with van der Waals surface area (Å²) in [6.07, 6.45) is 6.99. The van der Waals surface area contributed by atoms with Crippen LogP contribution in [0.3, 0.4) is 0 Å². The van der Waals surface area contributed by atoms with Gasteiger partial charge in [0.15, 0.2) is 5.15 Å². The van der Waals surface area contributed by atoms with Gasteiger partial charge in [-0.2, -0.15) is 16.9 Å². The lowest BCUT2D eigenvalue weighted by Gasteiger charge is -2.30. The summed E-state index contributed by atoms with van der Waals surface area (Å²) in [5, 5.41) is 3.55. The lowest BCUT2D eigenvalue weighted by Crippen LogP contribution is -2.40. The molecule has 0 N–H and O–H groups in total. The molecule has 2 radical (unpaired) electrons. The van der Waals surface area contributed by atoms with Gasteiger partial charge in [-0.25, -0.2) is 4.68 Å². The molecule has 0 aliphatic heterocycles. The van der Waals surface area contributed by atoms with Gasteiger partial charge in [0.2, 0.25) is 5.91 Å². The monoisotopic (exact) mass is 348 g/mol. The largest absolute Gasteiger partial charge is 0.309 e. The topological polar surface area (TPSA) is 51.0 Å². The Bertz CT molecular complexity index is 677. The predicted molar refractivity (Wildman–Crippen MR) is 96.9 cm³/mol. The molecular formula is C15H18BClN4OS. The molecule has 5 nitrogen and oxygen atoms in total. The van der Waals surface area contributed by atoms with Gasteiger partial charge in [0.1, 0.15) is 5.69 Å². The molecule has 0 aliphatic carbocycles. The summed E-state index contributed by atoms with van der Waals surface area (Å²) in [6.45, 7) is 4.07. The van der Waals surface area contributed by atoms with Gasteiger partial charge in [-0.15, -0.1) is 0 Å². The number of anilines is 1. The first-order valence-corrected chi connectivity index (χ1v) is 8.93. The first-order chi connectivity index (χ1) is 10.9. The summed E-state index contributed by atoms with van der Waals surface area (Å²) in [5.41, 5.74) is 1.31. The quantitative estimate of drug-likeness (QED) is 0.753. The average molecular weight is 349 g/mol. The Morgan fingerprint density at radius 3 is 2.87 bits per heavy atom. The van der Waals surface area contributed by atoms with Crippen molar-refractivity contribution in [3.8, 4) is 5.69 Å². The number of carbonyl (C=O) groups excluding carboxylic acids is 1. The lowest BCUT2D eigenvalue weighted by molar-refractivity contribution is -0.120. The van der Waals surface area contributed by atoms with E-state index in [1.807, 2.05) is 25.3 Å². The third kappa shape index (κ3) is 3.90. The molecular weight excluding hydrogens is 331 g/mol. The Labute approximate surface area is 146 Å². The van der Waals surface area contributed by atoms with E-state index in [0.29, 0.717) is 18.0 Å². The maximum absolute atomic E-state index is 12.8. The highest BCUT2D eigenvalue weighted by Gasteiger charge is 2.32. The Kier molecular flexibility index (Phi) is 5.76. The normalized spacial score (nSPS) is 13.6. The molecule has 0 fully saturated rings. The van der Waals surface area contributed by atoms with E-state index < -0.39 is 5.31 Å². The second-order valence-electron chi connectivity index (χ2n) is 5.36. The summed E-state index contributed by atoms with van der Waals surface area (Å²) in [6, 6.07) is 3.67. The molecule has 0 aromatic carbocycles. The van der Waals surface area contributed by atoms with Gasteiger partial charge in [-0.05, 0) is 31.1 Å². The fourth-order valence-electron chi connectivity index (χ4n) is 2.24. The Hall–Kier alpha value is -1.47. The Morgan fingerprint density at radius 1 is 1.57 bits per heavy atom. The molecule has 2 aromatic heterocycles. The van der Waals surface area contributed by atoms with Crippen LogP contribution in [0.5, 0.6) is 0 Å². The number of hydrogen-bond acceptors (Lipinski definition) is 4. The van der Waals surface area contributed by atoms with Crippen molar-refractivity contribution in [3.05, 3.63) is 35.9 Å². The van der Waals surface area contributed by atoms with Crippen molar-refractivity contribution in [3.63, 3.8) is 0 Å². The second-order valence-corrected chi connectivity index (χ2v) is 6.58. The van der Waals surface area contributed by atoms with Crippen LogP contribution in [0, 0.1) is 0 Å². The number of thioether (sulfide) groups is 1. The van der Waals surface area contributed by atoms with Crippen molar-refractivity contribution < 1.29 is 4.79 Å². The molecule has 2 aromatic rings. The minimum atomic E-state index is -0.963. The predicted octanol–water partition coefficient (Wildman–Crippen LogP) is 2.98. The minimum absolute atomic E-state index is 0.179. The van der Waals surface area contributed by atoms with Crippen LogP contribution in [0.25, 0.3) is 5.69 Å². The smallest absolute Gasteiger partial charge is 0.225 e. The summed E-state index contributed by atoms with van der Waals surface area (Å²) >= 11 is 7.78. The zero-order valence-electron chi connectivity index (χ0n) is 13.4. The number of hydrogen-bond donors (Lipinski definition) is 0. The highest BCUT2D eigenvalue weighted by molar-refractivity contribution is 7.98. The summed E-state index contributed by atoms with van der Waals surface area (Å²) in [5.74, 6) is 0.346. The Morgan fingerprint density at radius 2 is 2.30 bits per heavy atom. The number of halogens is 1. The van der Waals surface area contributed by atoms with E-state index in [9.17, 15) is 4.79 Å². The van der Waals surface area contributed by atoms with E-state index in [1.165, 1.54) is 11.8 Å². The third-order valence-electron chi connectivity index (χ3n) is 3.35. The summed E-state index contributed by atoms with van der Waals surface area (Å²) in [7, 11) is 6.16. The van der Waals surface area contributed by atoms with E-state index in [-0.39, 0.29) is 11.1 Å². The first kappa shape index (κ1) is 17.9. The van der Waals surface area contributed by atoms with Crippen molar-refractivity contribution in [2.75, 3.05) is 23.5 Å². The SMILES string of the molecule is [B]C(C)(CSC)C(=O)N(CC)c1cn(-c2cccnc2)nc1Cl. The maximum atomic E-state index is 12.8. The van der Waals surface area contributed by atoms with E-state index in [2.05, 4.69) is 10.1 Å². The van der Waals surface area contributed by atoms with E-state index in [1.54, 1.807) is 35.1 Å². The Balaban J connectivity index is 2.36. The molecule has 23 heavy (non-hydrogen) atoms. The van der Waals surface area contributed by atoms with E-state index in [4.69, 9.17) is 19.4 Å². The molecule has 0 spiro atoms. The molecule has 1 amide bonds. The van der Waals surface area contributed by atoms with Crippen LogP contribution in [0.1, 0.15) is 13.8 Å². The number of pyridine rings is 1. The van der Waals surface area contributed by atoms with Gasteiger partial charge in [-0.3, -0.25) is 9.78 Å². The fraction of sp³-hybridized carbons (Fsp3) is 0.400. The van der Waals surface area contributed by atoms with Crippen LogP contribution in [0.4, 0.5) is 5.69 Å². The molecule has 2 rings (SSSR count). The molecule has 0 saturated carbocycles. The van der Waals surface area contributed by atoms with Gasteiger partial charge < -0.3 is 4.90 Å². The average Bonchev–Trinajstić information content (AvgIpc) is 2.91. The van der Waals surface area contributed by atoms with Gasteiger partial charge in [-0.1, -0.05) is 18.5 Å². The highest BCUT2D eigenvalue weighted by Crippen LogP contribution is 2.33.